The molecule has 3 aromatic heterocycles. The van der Waals surface area contributed by atoms with Gasteiger partial charge in [0.2, 0.25) is 10.0 Å². The van der Waals surface area contributed by atoms with E-state index in [4.69, 9.17) is 4.42 Å². The summed E-state index contributed by atoms with van der Waals surface area (Å²) in [7, 11) is -3.81. The van der Waals surface area contributed by atoms with Crippen LogP contribution in [-0.2, 0) is 16.6 Å². The normalized spacial score (nSPS) is 14.4. The molecule has 1 fully saturated rings. The number of aryl methyl sites for hydroxylation is 1. The SMILES string of the molecule is Cc1oc(-c2[nH]ncc2C(=O)N2CCCC2)cc1S(=O)(=O)NCc1cccnc1. The third kappa shape index (κ3) is 3.94. The van der Waals surface area contributed by atoms with Crippen molar-refractivity contribution in [3.8, 4) is 11.5 Å². The van der Waals surface area contributed by atoms with E-state index >= 15 is 0 Å². The summed E-state index contributed by atoms with van der Waals surface area (Å²) in [5.74, 6) is 0.344. The van der Waals surface area contributed by atoms with Crippen molar-refractivity contribution >= 4 is 15.9 Å². The Balaban J connectivity index is 1.58. The van der Waals surface area contributed by atoms with Gasteiger partial charge >= 0.3 is 0 Å². The maximum absolute atomic E-state index is 12.7. The number of amides is 1. The number of hydrogen-bond donors (Lipinski definition) is 2. The first-order chi connectivity index (χ1) is 14.0. The first kappa shape index (κ1) is 19.3. The number of carbonyl (C=O) groups excluding carboxylic acids is 1. The molecule has 4 heterocycles. The molecule has 152 valence electrons. The number of aromatic amines is 1. The summed E-state index contributed by atoms with van der Waals surface area (Å²) >= 11 is 0. The Hall–Kier alpha value is -2.98. The molecule has 0 bridgehead atoms. The average molecular weight is 415 g/mol. The number of nitrogens with one attached hydrogen (secondary N) is 2. The van der Waals surface area contributed by atoms with Crippen molar-refractivity contribution in [2.75, 3.05) is 13.1 Å². The van der Waals surface area contributed by atoms with Crippen molar-refractivity contribution in [1.29, 1.82) is 0 Å². The van der Waals surface area contributed by atoms with E-state index in [0.29, 0.717) is 24.3 Å². The van der Waals surface area contributed by atoms with Gasteiger partial charge in [-0.15, -0.1) is 0 Å². The molecule has 29 heavy (non-hydrogen) atoms. The third-order valence-corrected chi connectivity index (χ3v) is 6.37. The number of furan rings is 1. The molecular weight excluding hydrogens is 394 g/mol. The predicted octanol–water partition coefficient (Wildman–Crippen LogP) is 2.09. The fourth-order valence-corrected chi connectivity index (χ4v) is 4.54. The largest absolute Gasteiger partial charge is 0.458 e. The highest BCUT2D eigenvalue weighted by Gasteiger charge is 2.27. The average Bonchev–Trinajstić information content (AvgIpc) is 3.47. The van der Waals surface area contributed by atoms with Crippen molar-refractivity contribution in [1.82, 2.24) is 24.8 Å². The van der Waals surface area contributed by atoms with E-state index in [1.54, 1.807) is 36.4 Å². The fraction of sp³-hybridized carbons (Fsp3) is 0.316. The van der Waals surface area contributed by atoms with Gasteiger partial charge in [0.1, 0.15) is 16.3 Å². The monoisotopic (exact) mass is 415 g/mol. The number of pyridine rings is 1. The maximum atomic E-state index is 12.7. The van der Waals surface area contributed by atoms with Crippen LogP contribution in [0.3, 0.4) is 0 Å². The minimum absolute atomic E-state index is 0.0190. The number of hydrogen-bond acceptors (Lipinski definition) is 6. The summed E-state index contributed by atoms with van der Waals surface area (Å²) < 4.78 is 33.7. The van der Waals surface area contributed by atoms with Gasteiger partial charge in [0.15, 0.2) is 5.76 Å². The second-order valence-electron chi connectivity index (χ2n) is 6.87. The predicted molar refractivity (Wildman–Crippen MR) is 104 cm³/mol. The summed E-state index contributed by atoms with van der Waals surface area (Å²) in [5, 5.41) is 6.73. The number of aromatic nitrogens is 3. The van der Waals surface area contributed by atoms with Crippen LogP contribution in [0.4, 0.5) is 0 Å². The molecule has 0 aromatic carbocycles. The number of carbonyl (C=O) groups is 1. The zero-order valence-corrected chi connectivity index (χ0v) is 16.7. The molecule has 2 N–H and O–H groups in total. The second-order valence-corrected chi connectivity index (χ2v) is 8.61. The highest BCUT2D eigenvalue weighted by Crippen LogP contribution is 2.30. The lowest BCUT2D eigenvalue weighted by atomic mass is 10.2. The molecule has 9 nitrogen and oxygen atoms in total. The summed E-state index contributed by atoms with van der Waals surface area (Å²) in [5.41, 5.74) is 1.48. The Kier molecular flexibility index (Phi) is 5.20. The Morgan fingerprint density at radius 1 is 1.31 bits per heavy atom. The maximum Gasteiger partial charge on any atom is 0.257 e. The van der Waals surface area contributed by atoms with Crippen LogP contribution in [0.2, 0.25) is 0 Å². The highest BCUT2D eigenvalue weighted by molar-refractivity contribution is 7.89. The van der Waals surface area contributed by atoms with Gasteiger partial charge in [-0.05, 0) is 31.4 Å². The van der Waals surface area contributed by atoms with Crippen LogP contribution in [0, 0.1) is 6.92 Å². The van der Waals surface area contributed by atoms with Crippen molar-refractivity contribution < 1.29 is 17.6 Å². The van der Waals surface area contributed by atoms with Gasteiger partial charge in [-0.1, -0.05) is 6.07 Å². The molecule has 1 aliphatic heterocycles. The molecule has 1 aliphatic rings. The molecule has 1 amide bonds. The Labute approximate surface area is 168 Å². The van der Waals surface area contributed by atoms with Gasteiger partial charge in [0, 0.05) is 38.1 Å². The number of likely N-dealkylation sites (tertiary alicyclic amines) is 1. The zero-order chi connectivity index (χ0) is 20.4. The summed E-state index contributed by atoms with van der Waals surface area (Å²) in [6, 6.07) is 4.93. The number of sulfonamides is 1. The molecule has 10 heteroatoms. The van der Waals surface area contributed by atoms with Crippen LogP contribution in [0.25, 0.3) is 11.5 Å². The van der Waals surface area contributed by atoms with Crippen molar-refractivity contribution in [2.24, 2.45) is 0 Å². The molecule has 0 aliphatic carbocycles. The summed E-state index contributed by atoms with van der Waals surface area (Å²) in [6.45, 7) is 3.09. The van der Waals surface area contributed by atoms with Gasteiger partial charge < -0.3 is 9.32 Å². The molecule has 0 radical (unpaired) electrons. The topological polar surface area (TPSA) is 121 Å². The fourth-order valence-electron chi connectivity index (χ4n) is 3.34. The van der Waals surface area contributed by atoms with Crippen LogP contribution >= 0.6 is 0 Å². The van der Waals surface area contributed by atoms with Crippen LogP contribution < -0.4 is 4.72 Å². The van der Waals surface area contributed by atoms with E-state index in [2.05, 4.69) is 19.9 Å². The molecule has 0 spiro atoms. The van der Waals surface area contributed by atoms with Gasteiger partial charge in [-0.3, -0.25) is 14.9 Å². The molecular formula is C19H21N5O4S. The van der Waals surface area contributed by atoms with Crippen LogP contribution in [-0.4, -0.2) is 47.5 Å². The van der Waals surface area contributed by atoms with E-state index in [0.717, 1.165) is 18.4 Å². The quantitative estimate of drug-likeness (QED) is 0.636. The minimum Gasteiger partial charge on any atom is -0.458 e. The standard InChI is InChI=1S/C19H21N5O4S/c1-13-17(29(26,27)22-11-14-5-4-6-20-10-14)9-16(28-13)18-15(12-21-23-18)19(25)24-7-2-3-8-24/h4-6,9-10,12,22H,2-3,7-8,11H2,1H3,(H,21,23). The Morgan fingerprint density at radius 3 is 2.83 bits per heavy atom. The highest BCUT2D eigenvalue weighted by atomic mass is 32.2. The van der Waals surface area contributed by atoms with E-state index in [1.807, 2.05) is 0 Å². The van der Waals surface area contributed by atoms with E-state index in [9.17, 15) is 13.2 Å². The smallest absolute Gasteiger partial charge is 0.257 e. The molecule has 4 rings (SSSR count). The van der Waals surface area contributed by atoms with Crippen LogP contribution in [0.5, 0.6) is 0 Å². The minimum atomic E-state index is -3.81. The third-order valence-electron chi connectivity index (χ3n) is 4.86. The van der Waals surface area contributed by atoms with Crippen LogP contribution in [0.15, 0.2) is 46.1 Å². The molecule has 1 saturated heterocycles. The lowest BCUT2D eigenvalue weighted by Crippen LogP contribution is -2.27. The number of rotatable bonds is 6. The van der Waals surface area contributed by atoms with Gasteiger partial charge in [0.05, 0.1) is 11.8 Å². The van der Waals surface area contributed by atoms with Gasteiger partial charge in [-0.25, -0.2) is 13.1 Å². The first-order valence-electron chi connectivity index (χ1n) is 9.28. The second kappa shape index (κ2) is 7.80. The Bertz CT molecular complexity index is 1110. The number of nitrogens with zero attached hydrogens (tertiary/aromatic N) is 3. The van der Waals surface area contributed by atoms with Gasteiger partial charge in [0.25, 0.3) is 5.91 Å². The number of H-pyrrole nitrogens is 1. The first-order valence-corrected chi connectivity index (χ1v) is 10.8. The molecule has 0 unspecified atom stereocenters. The van der Waals surface area contributed by atoms with Crippen molar-refractivity contribution in [3.05, 3.63) is 53.7 Å². The molecule has 3 aromatic rings. The van der Waals surface area contributed by atoms with E-state index in [1.165, 1.54) is 12.3 Å². The lowest BCUT2D eigenvalue weighted by Gasteiger charge is -2.14. The Morgan fingerprint density at radius 2 is 2.10 bits per heavy atom. The van der Waals surface area contributed by atoms with Crippen molar-refractivity contribution in [2.45, 2.75) is 31.2 Å². The zero-order valence-electron chi connectivity index (χ0n) is 15.9. The van der Waals surface area contributed by atoms with Crippen molar-refractivity contribution in [3.63, 3.8) is 0 Å². The molecule has 0 atom stereocenters. The lowest BCUT2D eigenvalue weighted by molar-refractivity contribution is 0.0793. The molecule has 0 saturated carbocycles. The summed E-state index contributed by atoms with van der Waals surface area (Å²) in [6.07, 6.45) is 6.61. The van der Waals surface area contributed by atoms with Gasteiger partial charge in [-0.2, -0.15) is 5.10 Å². The van der Waals surface area contributed by atoms with E-state index < -0.39 is 10.0 Å². The van der Waals surface area contributed by atoms with Crippen LogP contribution in [0.1, 0.15) is 34.5 Å². The van der Waals surface area contributed by atoms with E-state index in [-0.39, 0.29) is 28.9 Å². The summed E-state index contributed by atoms with van der Waals surface area (Å²) in [4.78, 5) is 18.5.